The van der Waals surface area contributed by atoms with Gasteiger partial charge in [0.05, 0.1) is 25.3 Å². The molecule has 2 aromatic rings. The average Bonchev–Trinajstić information content (AvgIpc) is 3.03. The molecule has 6 nitrogen and oxygen atoms in total. The summed E-state index contributed by atoms with van der Waals surface area (Å²) >= 11 is 3.38. The first-order valence-corrected chi connectivity index (χ1v) is 10.1. The Kier molecular flexibility index (Phi) is 5.37. The molecule has 0 bridgehead atoms. The minimum absolute atomic E-state index is 0.120. The smallest absolute Gasteiger partial charge is 0.251 e. The van der Waals surface area contributed by atoms with Crippen LogP contribution in [-0.4, -0.2) is 56.0 Å². The van der Waals surface area contributed by atoms with Gasteiger partial charge in [-0.15, -0.1) is 0 Å². The van der Waals surface area contributed by atoms with Crippen LogP contribution in [0.1, 0.15) is 6.42 Å². The third-order valence-electron chi connectivity index (χ3n) is 5.40. The molecule has 0 aliphatic carbocycles. The van der Waals surface area contributed by atoms with Gasteiger partial charge in [-0.05, 0) is 48.5 Å². The van der Waals surface area contributed by atoms with Crippen molar-refractivity contribution < 1.29 is 14.3 Å². The van der Waals surface area contributed by atoms with Crippen LogP contribution in [0.15, 0.2) is 53.0 Å². The van der Waals surface area contributed by atoms with E-state index in [0.717, 1.165) is 42.1 Å². The fourth-order valence-electron chi connectivity index (χ4n) is 3.85. The number of hydrogen-bond donors (Lipinski definition) is 0. The van der Waals surface area contributed by atoms with E-state index in [2.05, 4.69) is 25.7 Å². The van der Waals surface area contributed by atoms with Crippen molar-refractivity contribution in [3.05, 3.63) is 53.0 Å². The molecule has 2 aromatic carbocycles. The Hall–Kier alpha value is -2.38. The number of rotatable bonds is 4. The lowest BCUT2D eigenvalue weighted by Gasteiger charge is -2.38. The van der Waals surface area contributed by atoms with Crippen molar-refractivity contribution in [1.29, 1.82) is 0 Å². The summed E-state index contributed by atoms with van der Waals surface area (Å²) in [6.45, 7) is 3.15. The van der Waals surface area contributed by atoms with E-state index >= 15 is 0 Å². The Bertz CT molecular complexity index is 861. The van der Waals surface area contributed by atoms with Crippen LogP contribution in [0.3, 0.4) is 0 Å². The normalized spacial score (nSPS) is 20.7. The minimum atomic E-state index is -0.367. The highest BCUT2D eigenvalue weighted by molar-refractivity contribution is 9.10. The van der Waals surface area contributed by atoms with Crippen LogP contribution in [0.25, 0.3) is 0 Å². The SMILES string of the molecule is COc1ccc(N2CCN(C3CC(=O)N(c4ccc(Br)cc4)C3=O)CC2)cc1. The zero-order valence-corrected chi connectivity index (χ0v) is 17.3. The molecule has 0 saturated carbocycles. The van der Waals surface area contributed by atoms with Gasteiger partial charge in [-0.1, -0.05) is 15.9 Å². The highest BCUT2D eigenvalue weighted by Crippen LogP contribution is 2.28. The Morgan fingerprint density at radius 1 is 0.893 bits per heavy atom. The Morgan fingerprint density at radius 2 is 1.50 bits per heavy atom. The molecule has 1 unspecified atom stereocenters. The maximum absolute atomic E-state index is 12.9. The van der Waals surface area contributed by atoms with E-state index < -0.39 is 0 Å². The lowest BCUT2D eigenvalue weighted by atomic mass is 10.1. The van der Waals surface area contributed by atoms with E-state index in [1.165, 1.54) is 4.90 Å². The second-order valence-electron chi connectivity index (χ2n) is 6.98. The molecule has 2 saturated heterocycles. The average molecular weight is 444 g/mol. The van der Waals surface area contributed by atoms with Crippen LogP contribution in [0.4, 0.5) is 11.4 Å². The van der Waals surface area contributed by atoms with Crippen molar-refractivity contribution in [1.82, 2.24) is 4.90 Å². The minimum Gasteiger partial charge on any atom is -0.497 e. The maximum atomic E-state index is 12.9. The van der Waals surface area contributed by atoms with Crippen molar-refractivity contribution in [3.8, 4) is 5.75 Å². The van der Waals surface area contributed by atoms with Crippen LogP contribution in [0, 0.1) is 0 Å². The second kappa shape index (κ2) is 7.93. The van der Waals surface area contributed by atoms with Crippen molar-refractivity contribution in [2.75, 3.05) is 43.1 Å². The molecule has 0 aromatic heterocycles. The molecule has 2 amide bonds. The summed E-state index contributed by atoms with van der Waals surface area (Å²) in [6, 6.07) is 14.9. The van der Waals surface area contributed by atoms with Crippen LogP contribution >= 0.6 is 15.9 Å². The maximum Gasteiger partial charge on any atom is 0.251 e. The second-order valence-corrected chi connectivity index (χ2v) is 7.90. The molecule has 0 spiro atoms. The molecule has 0 radical (unpaired) electrons. The van der Waals surface area contributed by atoms with Gasteiger partial charge in [0.25, 0.3) is 5.91 Å². The van der Waals surface area contributed by atoms with E-state index in [0.29, 0.717) is 5.69 Å². The standard InChI is InChI=1S/C21H22BrN3O3/c1-28-18-8-6-16(7-9-18)23-10-12-24(13-11-23)19-14-20(26)25(21(19)27)17-4-2-15(22)3-5-17/h2-9,19H,10-14H2,1H3. The number of carbonyl (C=O) groups is 2. The number of benzene rings is 2. The number of hydrogen-bond acceptors (Lipinski definition) is 5. The van der Waals surface area contributed by atoms with Gasteiger partial charge >= 0.3 is 0 Å². The number of imide groups is 1. The van der Waals surface area contributed by atoms with Gasteiger partial charge < -0.3 is 9.64 Å². The number of ether oxygens (including phenoxy) is 1. The number of methoxy groups -OCH3 is 1. The molecule has 2 aliphatic rings. The molecule has 2 aliphatic heterocycles. The highest BCUT2D eigenvalue weighted by Gasteiger charge is 2.43. The lowest BCUT2D eigenvalue weighted by Crippen LogP contribution is -2.52. The summed E-state index contributed by atoms with van der Waals surface area (Å²) in [5.41, 5.74) is 1.78. The topological polar surface area (TPSA) is 53.1 Å². The number of carbonyl (C=O) groups excluding carboxylic acids is 2. The number of anilines is 2. The summed E-state index contributed by atoms with van der Waals surface area (Å²) in [7, 11) is 1.66. The van der Waals surface area contributed by atoms with Crippen LogP contribution in [0.5, 0.6) is 5.75 Å². The first kappa shape index (κ1) is 19.0. The molecule has 1 atom stereocenters. The van der Waals surface area contributed by atoms with Gasteiger partial charge in [0.1, 0.15) is 5.75 Å². The molecule has 146 valence electrons. The van der Waals surface area contributed by atoms with Gasteiger partial charge in [0.2, 0.25) is 5.91 Å². The van der Waals surface area contributed by atoms with Crippen molar-refractivity contribution in [2.45, 2.75) is 12.5 Å². The van der Waals surface area contributed by atoms with Crippen LogP contribution < -0.4 is 14.5 Å². The summed E-state index contributed by atoms with van der Waals surface area (Å²) < 4.78 is 6.13. The molecule has 7 heteroatoms. The fraction of sp³-hybridized carbons (Fsp3) is 0.333. The third-order valence-corrected chi connectivity index (χ3v) is 5.93. The summed E-state index contributed by atoms with van der Waals surface area (Å²) in [5.74, 6) is 0.589. The van der Waals surface area contributed by atoms with E-state index in [1.54, 1.807) is 19.2 Å². The molecular weight excluding hydrogens is 422 g/mol. The molecular formula is C21H22BrN3O3. The van der Waals surface area contributed by atoms with E-state index in [9.17, 15) is 9.59 Å². The predicted molar refractivity (Wildman–Crippen MR) is 112 cm³/mol. The third kappa shape index (κ3) is 3.64. The molecule has 28 heavy (non-hydrogen) atoms. The quantitative estimate of drug-likeness (QED) is 0.679. The van der Waals surface area contributed by atoms with E-state index in [-0.39, 0.29) is 24.3 Å². The molecule has 2 fully saturated rings. The molecule has 4 rings (SSSR count). The van der Waals surface area contributed by atoms with Gasteiger partial charge in [-0.2, -0.15) is 0 Å². The van der Waals surface area contributed by atoms with Gasteiger partial charge in [-0.3, -0.25) is 14.5 Å². The largest absolute Gasteiger partial charge is 0.497 e. The monoisotopic (exact) mass is 443 g/mol. The number of halogens is 1. The number of piperazine rings is 1. The van der Waals surface area contributed by atoms with Gasteiger partial charge in [-0.25, -0.2) is 4.90 Å². The molecule has 2 heterocycles. The van der Waals surface area contributed by atoms with Crippen molar-refractivity contribution >= 4 is 39.1 Å². The Balaban J connectivity index is 1.41. The number of amides is 2. The van der Waals surface area contributed by atoms with Gasteiger partial charge in [0, 0.05) is 36.3 Å². The zero-order valence-electron chi connectivity index (χ0n) is 15.7. The lowest BCUT2D eigenvalue weighted by molar-refractivity contribution is -0.123. The molecule has 0 N–H and O–H groups in total. The van der Waals surface area contributed by atoms with E-state index in [4.69, 9.17) is 4.74 Å². The van der Waals surface area contributed by atoms with Crippen molar-refractivity contribution in [3.63, 3.8) is 0 Å². The Labute approximate surface area is 172 Å². The van der Waals surface area contributed by atoms with Gasteiger partial charge in [0.15, 0.2) is 0 Å². The van der Waals surface area contributed by atoms with E-state index in [1.807, 2.05) is 36.4 Å². The summed E-state index contributed by atoms with van der Waals surface area (Å²) in [4.78, 5) is 31.2. The van der Waals surface area contributed by atoms with Crippen molar-refractivity contribution in [2.24, 2.45) is 0 Å². The highest BCUT2D eigenvalue weighted by atomic mass is 79.9. The first-order chi connectivity index (χ1) is 13.6. The number of nitrogens with zero attached hydrogens (tertiary/aromatic N) is 3. The fourth-order valence-corrected chi connectivity index (χ4v) is 4.11. The summed E-state index contributed by atoms with van der Waals surface area (Å²) in [5, 5.41) is 0. The van der Waals surface area contributed by atoms with Crippen LogP contribution in [-0.2, 0) is 9.59 Å². The predicted octanol–water partition coefficient (Wildman–Crippen LogP) is 2.91. The zero-order chi connectivity index (χ0) is 19.7. The summed E-state index contributed by atoms with van der Waals surface area (Å²) in [6.07, 6.45) is 0.247. The van der Waals surface area contributed by atoms with Crippen LogP contribution in [0.2, 0.25) is 0 Å². The Morgan fingerprint density at radius 3 is 2.11 bits per heavy atom. The first-order valence-electron chi connectivity index (χ1n) is 9.32.